The molecule has 2 amide bonds. The standard InChI is InChI=1S/C25H19FN8O2/c1-13-20-18(14-2-4-15(5-3-14)25(36)31-17-8-6-16(26)7-9-17)10-19(35)32-23(20)34(33-13)24-21-22(28-11-27-21)29-12-30-24/h2-9,11-12,18H,10H2,1H3,(H,31,36)(H,32,35)(H,27,28,29,30)/t18-/m0/s1. The Morgan fingerprint density at radius 2 is 1.86 bits per heavy atom. The molecule has 1 aliphatic heterocycles. The van der Waals surface area contributed by atoms with Crippen molar-refractivity contribution in [2.24, 2.45) is 0 Å². The average molecular weight is 482 g/mol. The molecule has 1 aliphatic rings. The van der Waals surface area contributed by atoms with Gasteiger partial charge in [-0.05, 0) is 48.9 Å². The number of imidazole rings is 1. The predicted molar refractivity (Wildman–Crippen MR) is 129 cm³/mol. The van der Waals surface area contributed by atoms with Gasteiger partial charge in [0.25, 0.3) is 5.91 Å². The number of halogens is 1. The highest BCUT2D eigenvalue weighted by Crippen LogP contribution is 2.40. The highest BCUT2D eigenvalue weighted by molar-refractivity contribution is 6.04. The third kappa shape index (κ3) is 3.66. The van der Waals surface area contributed by atoms with Crippen molar-refractivity contribution in [1.29, 1.82) is 0 Å². The Morgan fingerprint density at radius 1 is 1.08 bits per heavy atom. The summed E-state index contributed by atoms with van der Waals surface area (Å²) in [5.41, 5.74) is 4.55. The van der Waals surface area contributed by atoms with Gasteiger partial charge in [0, 0.05) is 29.2 Å². The first-order chi connectivity index (χ1) is 17.5. The van der Waals surface area contributed by atoms with E-state index in [9.17, 15) is 14.0 Å². The van der Waals surface area contributed by atoms with Gasteiger partial charge in [-0.3, -0.25) is 9.59 Å². The van der Waals surface area contributed by atoms with Gasteiger partial charge in [0.05, 0.1) is 12.0 Å². The number of carbonyl (C=O) groups is 2. The van der Waals surface area contributed by atoms with Crippen LogP contribution in [0.25, 0.3) is 17.0 Å². The van der Waals surface area contributed by atoms with Gasteiger partial charge >= 0.3 is 0 Å². The Bertz CT molecular complexity index is 1620. The number of aromatic nitrogens is 6. The molecule has 10 nitrogen and oxygen atoms in total. The molecule has 36 heavy (non-hydrogen) atoms. The molecule has 0 aliphatic carbocycles. The quantitative estimate of drug-likeness (QED) is 0.358. The molecular weight excluding hydrogens is 463 g/mol. The van der Waals surface area contributed by atoms with Crippen LogP contribution in [0.3, 0.4) is 0 Å². The van der Waals surface area contributed by atoms with E-state index in [1.807, 2.05) is 19.1 Å². The molecule has 4 heterocycles. The van der Waals surface area contributed by atoms with Gasteiger partial charge in [-0.25, -0.2) is 19.3 Å². The maximum Gasteiger partial charge on any atom is 0.255 e. The number of aryl methyl sites for hydroxylation is 1. The van der Waals surface area contributed by atoms with Crippen LogP contribution in [-0.2, 0) is 4.79 Å². The van der Waals surface area contributed by atoms with Gasteiger partial charge < -0.3 is 15.6 Å². The van der Waals surface area contributed by atoms with Crippen LogP contribution in [-0.4, -0.2) is 41.5 Å². The minimum absolute atomic E-state index is 0.151. The number of carbonyl (C=O) groups excluding carboxylic acids is 2. The summed E-state index contributed by atoms with van der Waals surface area (Å²) in [6, 6.07) is 12.6. The lowest BCUT2D eigenvalue weighted by Gasteiger charge is -2.24. The second kappa shape index (κ2) is 8.38. The molecule has 3 N–H and O–H groups in total. The van der Waals surface area contributed by atoms with Crippen molar-refractivity contribution in [2.75, 3.05) is 10.6 Å². The van der Waals surface area contributed by atoms with E-state index >= 15 is 0 Å². The lowest BCUT2D eigenvalue weighted by molar-refractivity contribution is -0.116. The topological polar surface area (TPSA) is 130 Å². The van der Waals surface area contributed by atoms with Crippen molar-refractivity contribution in [3.63, 3.8) is 0 Å². The molecule has 0 spiro atoms. The Labute approximate surface area is 203 Å². The molecule has 3 aromatic heterocycles. The molecule has 5 aromatic rings. The van der Waals surface area contributed by atoms with Gasteiger partial charge in [-0.15, -0.1) is 0 Å². The molecule has 11 heteroatoms. The van der Waals surface area contributed by atoms with E-state index in [2.05, 4.69) is 35.7 Å². The van der Waals surface area contributed by atoms with Gasteiger partial charge in [-0.1, -0.05) is 12.1 Å². The second-order valence-electron chi connectivity index (χ2n) is 8.45. The lowest BCUT2D eigenvalue weighted by Crippen LogP contribution is -2.25. The Kier molecular flexibility index (Phi) is 5.03. The number of hydrogen-bond acceptors (Lipinski definition) is 6. The summed E-state index contributed by atoms with van der Waals surface area (Å²) in [5, 5.41) is 10.4. The molecule has 0 bridgehead atoms. The van der Waals surface area contributed by atoms with Crippen LogP contribution < -0.4 is 10.6 Å². The fourth-order valence-electron chi connectivity index (χ4n) is 4.50. The number of aromatic amines is 1. The fraction of sp³-hybridized carbons (Fsp3) is 0.120. The average Bonchev–Trinajstić information content (AvgIpc) is 3.49. The molecule has 1 atom stereocenters. The third-order valence-electron chi connectivity index (χ3n) is 6.18. The highest BCUT2D eigenvalue weighted by atomic mass is 19.1. The number of amides is 2. The zero-order valence-corrected chi connectivity index (χ0v) is 19.0. The van der Waals surface area contributed by atoms with E-state index in [1.165, 1.54) is 36.9 Å². The van der Waals surface area contributed by atoms with E-state index in [0.29, 0.717) is 34.1 Å². The van der Waals surface area contributed by atoms with Crippen LogP contribution in [0.15, 0.2) is 61.2 Å². The molecular formula is C25H19FN8O2. The van der Waals surface area contributed by atoms with Crippen molar-refractivity contribution in [3.05, 3.63) is 89.4 Å². The number of H-pyrrole nitrogens is 1. The largest absolute Gasteiger partial charge is 0.340 e. The minimum Gasteiger partial charge on any atom is -0.340 e. The highest BCUT2D eigenvalue weighted by Gasteiger charge is 2.33. The Balaban J connectivity index is 1.33. The molecule has 2 aromatic carbocycles. The number of nitrogens with one attached hydrogen (secondary N) is 3. The molecule has 0 radical (unpaired) electrons. The zero-order chi connectivity index (χ0) is 24.8. The van der Waals surface area contributed by atoms with Gasteiger partial charge in [0.1, 0.15) is 23.5 Å². The second-order valence-corrected chi connectivity index (χ2v) is 8.45. The van der Waals surface area contributed by atoms with Crippen molar-refractivity contribution in [3.8, 4) is 5.82 Å². The van der Waals surface area contributed by atoms with Gasteiger partial charge in [-0.2, -0.15) is 9.78 Å². The number of benzene rings is 2. The van der Waals surface area contributed by atoms with Crippen LogP contribution in [0.4, 0.5) is 15.9 Å². The first kappa shape index (κ1) is 21.6. The van der Waals surface area contributed by atoms with Crippen molar-refractivity contribution >= 4 is 34.5 Å². The lowest BCUT2D eigenvalue weighted by atomic mass is 9.85. The summed E-state index contributed by atoms with van der Waals surface area (Å²) < 4.78 is 14.7. The van der Waals surface area contributed by atoms with Crippen LogP contribution in [0.2, 0.25) is 0 Å². The van der Waals surface area contributed by atoms with Crippen molar-refractivity contribution in [2.45, 2.75) is 19.3 Å². The first-order valence-corrected chi connectivity index (χ1v) is 11.2. The number of rotatable bonds is 4. The zero-order valence-electron chi connectivity index (χ0n) is 19.0. The number of fused-ring (bicyclic) bond motifs is 2. The Morgan fingerprint density at radius 3 is 2.64 bits per heavy atom. The summed E-state index contributed by atoms with van der Waals surface area (Å²) in [5.74, 6) is -0.0679. The normalized spacial score (nSPS) is 14.9. The number of nitrogens with zero attached hydrogens (tertiary/aromatic N) is 5. The predicted octanol–water partition coefficient (Wildman–Crippen LogP) is 3.71. The smallest absolute Gasteiger partial charge is 0.255 e. The van der Waals surface area contributed by atoms with Crippen LogP contribution in [0.1, 0.15) is 39.5 Å². The third-order valence-corrected chi connectivity index (χ3v) is 6.18. The van der Waals surface area contributed by atoms with Crippen LogP contribution in [0.5, 0.6) is 0 Å². The van der Waals surface area contributed by atoms with Crippen LogP contribution in [0, 0.1) is 12.7 Å². The summed E-state index contributed by atoms with van der Waals surface area (Å²) in [6.07, 6.45) is 3.17. The number of hydrogen-bond donors (Lipinski definition) is 3. The maximum atomic E-state index is 13.1. The summed E-state index contributed by atoms with van der Waals surface area (Å²) >= 11 is 0. The molecule has 178 valence electrons. The van der Waals surface area contributed by atoms with E-state index in [-0.39, 0.29) is 30.0 Å². The maximum absolute atomic E-state index is 13.1. The molecule has 0 saturated carbocycles. The molecule has 0 unspecified atom stereocenters. The fourth-order valence-corrected chi connectivity index (χ4v) is 4.50. The Hall–Kier alpha value is -4.93. The molecule has 6 rings (SSSR count). The SMILES string of the molecule is Cc1nn(-c2ncnc3nc[nH]c23)c2c1[C@H](c1ccc(C(=O)Nc3ccc(F)cc3)cc1)CC(=O)N2. The van der Waals surface area contributed by atoms with Crippen molar-refractivity contribution in [1.82, 2.24) is 29.7 Å². The first-order valence-electron chi connectivity index (χ1n) is 11.2. The van der Waals surface area contributed by atoms with Crippen LogP contribution >= 0.6 is 0 Å². The van der Waals surface area contributed by atoms with E-state index in [1.54, 1.807) is 16.8 Å². The van der Waals surface area contributed by atoms with E-state index < -0.39 is 0 Å². The summed E-state index contributed by atoms with van der Waals surface area (Å²) in [6.45, 7) is 1.88. The number of anilines is 2. The summed E-state index contributed by atoms with van der Waals surface area (Å²) in [7, 11) is 0. The van der Waals surface area contributed by atoms with Gasteiger partial charge in [0.15, 0.2) is 11.5 Å². The minimum atomic E-state index is -0.374. The van der Waals surface area contributed by atoms with Crippen molar-refractivity contribution < 1.29 is 14.0 Å². The van der Waals surface area contributed by atoms with E-state index in [4.69, 9.17) is 0 Å². The van der Waals surface area contributed by atoms with Gasteiger partial charge in [0.2, 0.25) is 5.91 Å². The molecule has 0 fully saturated rings. The molecule has 0 saturated heterocycles. The summed E-state index contributed by atoms with van der Waals surface area (Å²) in [4.78, 5) is 41.1. The monoisotopic (exact) mass is 482 g/mol. The van der Waals surface area contributed by atoms with E-state index in [0.717, 1.165) is 16.8 Å².